The molecule has 2 aromatic rings. The second-order valence-electron chi connectivity index (χ2n) is 7.04. The Morgan fingerprint density at radius 2 is 1.87 bits per heavy atom. The van der Waals surface area contributed by atoms with E-state index in [-0.39, 0.29) is 18.9 Å². The first-order chi connectivity index (χ1) is 14.2. The lowest BCUT2D eigenvalue weighted by Crippen LogP contribution is -2.33. The molecule has 0 spiro atoms. The number of carbonyl (C=O) groups excluding carboxylic acids is 1. The first-order valence-corrected chi connectivity index (χ1v) is 11.6. The van der Waals surface area contributed by atoms with Gasteiger partial charge in [0.15, 0.2) is 0 Å². The maximum absolute atomic E-state index is 12.2. The van der Waals surface area contributed by atoms with E-state index < -0.39 is 10.0 Å². The van der Waals surface area contributed by atoms with Gasteiger partial charge in [-0.15, -0.1) is 0 Å². The molecule has 0 aliphatic rings. The molecule has 0 aromatic heterocycles. The fourth-order valence-electron chi connectivity index (χ4n) is 2.96. The van der Waals surface area contributed by atoms with Gasteiger partial charge in [0.05, 0.1) is 25.6 Å². The van der Waals surface area contributed by atoms with Crippen LogP contribution in [0.2, 0.25) is 0 Å². The van der Waals surface area contributed by atoms with Gasteiger partial charge in [0, 0.05) is 19.0 Å². The van der Waals surface area contributed by atoms with Crippen molar-refractivity contribution in [3.63, 3.8) is 0 Å². The molecular formula is C22H30N2O5S. The van der Waals surface area contributed by atoms with Gasteiger partial charge in [0.25, 0.3) is 0 Å². The van der Waals surface area contributed by atoms with Crippen molar-refractivity contribution >= 4 is 21.6 Å². The standard InChI is InChI=1S/C22H30N2O5S/c1-17-8-5-11-21(18(17)2)29-15-13-23-22(25)12-7-14-24(30(4,26)27)19-9-6-10-20(16-19)28-3/h5-6,8-11,16H,7,12-15H2,1-4H3,(H,23,25). The SMILES string of the molecule is COc1cccc(N(CCCC(=O)NCCOc2cccc(C)c2C)S(C)(=O)=O)c1. The third kappa shape index (κ3) is 6.95. The highest BCUT2D eigenvalue weighted by atomic mass is 32.2. The van der Waals surface area contributed by atoms with Crippen LogP contribution >= 0.6 is 0 Å². The van der Waals surface area contributed by atoms with Crippen LogP contribution < -0.4 is 19.1 Å². The smallest absolute Gasteiger partial charge is 0.232 e. The van der Waals surface area contributed by atoms with E-state index in [0.717, 1.165) is 23.1 Å². The van der Waals surface area contributed by atoms with E-state index in [1.54, 1.807) is 24.3 Å². The third-order valence-corrected chi connectivity index (χ3v) is 5.94. The minimum atomic E-state index is -3.47. The number of benzene rings is 2. The molecule has 7 nitrogen and oxygen atoms in total. The molecule has 2 rings (SSSR count). The van der Waals surface area contributed by atoms with Crippen molar-refractivity contribution in [2.45, 2.75) is 26.7 Å². The van der Waals surface area contributed by atoms with Crippen molar-refractivity contribution in [2.75, 3.05) is 37.4 Å². The molecule has 0 bridgehead atoms. The van der Waals surface area contributed by atoms with Crippen LogP contribution in [-0.4, -0.2) is 47.4 Å². The number of hydrogen-bond donors (Lipinski definition) is 1. The van der Waals surface area contributed by atoms with Crippen LogP contribution in [0.25, 0.3) is 0 Å². The Hall–Kier alpha value is -2.74. The van der Waals surface area contributed by atoms with Crippen LogP contribution in [0.3, 0.4) is 0 Å². The number of rotatable bonds is 11. The van der Waals surface area contributed by atoms with Gasteiger partial charge < -0.3 is 14.8 Å². The summed E-state index contributed by atoms with van der Waals surface area (Å²) in [4.78, 5) is 12.1. The first-order valence-electron chi connectivity index (χ1n) is 9.80. The lowest BCUT2D eigenvalue weighted by atomic mass is 10.1. The van der Waals surface area contributed by atoms with Gasteiger partial charge >= 0.3 is 0 Å². The summed E-state index contributed by atoms with van der Waals surface area (Å²) >= 11 is 0. The molecule has 2 aromatic carbocycles. The van der Waals surface area contributed by atoms with Crippen LogP contribution in [0.5, 0.6) is 11.5 Å². The van der Waals surface area contributed by atoms with Crippen molar-refractivity contribution in [1.29, 1.82) is 0 Å². The normalized spacial score (nSPS) is 11.1. The molecule has 0 atom stereocenters. The van der Waals surface area contributed by atoms with Gasteiger partial charge in [-0.2, -0.15) is 0 Å². The molecule has 0 unspecified atom stereocenters. The summed E-state index contributed by atoms with van der Waals surface area (Å²) in [5.74, 6) is 1.24. The molecule has 164 valence electrons. The summed E-state index contributed by atoms with van der Waals surface area (Å²) in [6.45, 7) is 4.99. The average Bonchev–Trinajstić information content (AvgIpc) is 2.70. The molecule has 0 saturated heterocycles. The molecule has 1 amide bonds. The van der Waals surface area contributed by atoms with Crippen LogP contribution in [0.15, 0.2) is 42.5 Å². The molecule has 0 heterocycles. The van der Waals surface area contributed by atoms with Crippen LogP contribution in [-0.2, 0) is 14.8 Å². The molecule has 0 aliphatic heterocycles. The largest absolute Gasteiger partial charge is 0.497 e. The van der Waals surface area contributed by atoms with Gasteiger partial charge in [0.1, 0.15) is 18.1 Å². The molecule has 8 heteroatoms. The number of carbonyl (C=O) groups is 1. The molecule has 0 fully saturated rings. The molecule has 0 saturated carbocycles. The van der Waals surface area contributed by atoms with Gasteiger partial charge in [-0.25, -0.2) is 8.42 Å². The zero-order valence-electron chi connectivity index (χ0n) is 18.0. The molecule has 1 N–H and O–H groups in total. The van der Waals surface area contributed by atoms with Crippen LogP contribution in [0, 0.1) is 13.8 Å². The van der Waals surface area contributed by atoms with Gasteiger partial charge in [-0.1, -0.05) is 18.2 Å². The summed E-state index contributed by atoms with van der Waals surface area (Å²) in [6, 6.07) is 12.7. The Morgan fingerprint density at radius 1 is 1.13 bits per heavy atom. The predicted octanol–water partition coefficient (Wildman–Crippen LogP) is 3.05. The predicted molar refractivity (Wildman–Crippen MR) is 119 cm³/mol. The Morgan fingerprint density at radius 3 is 2.57 bits per heavy atom. The fraction of sp³-hybridized carbons (Fsp3) is 0.409. The number of nitrogens with one attached hydrogen (secondary N) is 1. The van der Waals surface area contributed by atoms with Crippen molar-refractivity contribution in [3.05, 3.63) is 53.6 Å². The zero-order chi connectivity index (χ0) is 22.1. The summed E-state index contributed by atoms with van der Waals surface area (Å²) in [5, 5.41) is 2.81. The monoisotopic (exact) mass is 434 g/mol. The van der Waals surface area contributed by atoms with Crippen LogP contribution in [0.4, 0.5) is 5.69 Å². The van der Waals surface area contributed by atoms with Crippen molar-refractivity contribution in [3.8, 4) is 11.5 Å². The highest BCUT2D eigenvalue weighted by Crippen LogP contribution is 2.23. The van der Waals surface area contributed by atoms with Gasteiger partial charge in [0.2, 0.25) is 15.9 Å². The summed E-state index contributed by atoms with van der Waals surface area (Å²) in [6.07, 6.45) is 1.77. The number of amides is 1. The summed E-state index contributed by atoms with van der Waals surface area (Å²) in [5.41, 5.74) is 2.75. The van der Waals surface area contributed by atoms with E-state index in [2.05, 4.69) is 5.32 Å². The lowest BCUT2D eigenvalue weighted by molar-refractivity contribution is -0.121. The Bertz CT molecular complexity index is 960. The zero-order valence-corrected chi connectivity index (χ0v) is 18.8. The Kier molecular flexibility index (Phi) is 8.53. The van der Waals surface area contributed by atoms with E-state index in [0.29, 0.717) is 31.0 Å². The summed E-state index contributed by atoms with van der Waals surface area (Å²) < 4.78 is 36.5. The van der Waals surface area contributed by atoms with E-state index >= 15 is 0 Å². The quantitative estimate of drug-likeness (QED) is 0.550. The number of ether oxygens (including phenoxy) is 2. The number of methoxy groups -OCH3 is 1. The summed E-state index contributed by atoms with van der Waals surface area (Å²) in [7, 11) is -1.95. The van der Waals surface area contributed by atoms with Crippen LogP contribution in [0.1, 0.15) is 24.0 Å². The molecular weight excluding hydrogens is 404 g/mol. The first kappa shape index (κ1) is 23.5. The minimum Gasteiger partial charge on any atom is -0.497 e. The number of anilines is 1. The van der Waals surface area contributed by atoms with Crippen molar-refractivity contribution in [1.82, 2.24) is 5.32 Å². The lowest BCUT2D eigenvalue weighted by Gasteiger charge is -2.22. The van der Waals surface area contributed by atoms with E-state index in [1.165, 1.54) is 11.4 Å². The maximum Gasteiger partial charge on any atom is 0.232 e. The molecule has 30 heavy (non-hydrogen) atoms. The average molecular weight is 435 g/mol. The van der Waals surface area contributed by atoms with Crippen molar-refractivity contribution < 1.29 is 22.7 Å². The van der Waals surface area contributed by atoms with Crippen molar-refractivity contribution in [2.24, 2.45) is 0 Å². The van der Waals surface area contributed by atoms with Gasteiger partial charge in [-0.05, 0) is 49.6 Å². The number of nitrogens with zero attached hydrogens (tertiary/aromatic N) is 1. The molecule has 0 aliphatic carbocycles. The second-order valence-corrected chi connectivity index (χ2v) is 8.94. The maximum atomic E-state index is 12.2. The minimum absolute atomic E-state index is 0.140. The topological polar surface area (TPSA) is 84.9 Å². The second kappa shape index (κ2) is 10.9. The highest BCUT2D eigenvalue weighted by molar-refractivity contribution is 7.92. The number of hydrogen-bond acceptors (Lipinski definition) is 5. The highest BCUT2D eigenvalue weighted by Gasteiger charge is 2.18. The molecule has 0 radical (unpaired) electrons. The van der Waals surface area contributed by atoms with Gasteiger partial charge in [-0.3, -0.25) is 9.10 Å². The van der Waals surface area contributed by atoms with E-state index in [4.69, 9.17) is 9.47 Å². The van der Waals surface area contributed by atoms with E-state index in [9.17, 15) is 13.2 Å². The number of sulfonamides is 1. The Labute approximate surface area is 179 Å². The fourth-order valence-corrected chi connectivity index (χ4v) is 3.91. The Balaban J connectivity index is 1.79. The number of aryl methyl sites for hydroxylation is 1. The van der Waals surface area contributed by atoms with E-state index in [1.807, 2.05) is 32.0 Å². The third-order valence-electron chi connectivity index (χ3n) is 4.74.